The Morgan fingerprint density at radius 2 is 1.96 bits per heavy atom. The van der Waals surface area contributed by atoms with Gasteiger partial charge >= 0.3 is 0 Å². The van der Waals surface area contributed by atoms with Crippen LogP contribution < -0.4 is 0 Å². The number of halogens is 2. The Bertz CT molecular complexity index is 703. The summed E-state index contributed by atoms with van der Waals surface area (Å²) in [5.74, 6) is -0.157. The zero-order valence-corrected chi connectivity index (χ0v) is 14.0. The molecule has 126 valence electrons. The lowest BCUT2D eigenvalue weighted by atomic mass is 10.1. The van der Waals surface area contributed by atoms with E-state index >= 15 is 0 Å². The molecule has 1 fully saturated rings. The molecule has 2 aromatic rings. The molecule has 1 amide bonds. The molecule has 0 atom stereocenters. The van der Waals surface area contributed by atoms with Crippen LogP contribution in [0.4, 0.5) is 4.39 Å². The highest BCUT2D eigenvalue weighted by Gasteiger charge is 2.22. The van der Waals surface area contributed by atoms with Crippen molar-refractivity contribution in [2.75, 3.05) is 26.2 Å². The van der Waals surface area contributed by atoms with Crippen molar-refractivity contribution in [3.05, 3.63) is 64.7 Å². The van der Waals surface area contributed by atoms with Crippen LogP contribution in [0.5, 0.6) is 0 Å². The summed E-state index contributed by atoms with van der Waals surface area (Å²) in [5.41, 5.74) is 1.38. The second-order valence-electron chi connectivity index (χ2n) is 5.89. The van der Waals surface area contributed by atoms with E-state index in [-0.39, 0.29) is 11.7 Å². The Labute approximate surface area is 145 Å². The molecule has 4 nitrogen and oxygen atoms in total. The quantitative estimate of drug-likeness (QED) is 0.853. The summed E-state index contributed by atoms with van der Waals surface area (Å²) >= 11 is 5.93. The second kappa shape index (κ2) is 7.73. The number of nitrogens with zero attached hydrogens (tertiary/aromatic N) is 3. The summed E-state index contributed by atoms with van der Waals surface area (Å²) in [7, 11) is 0. The van der Waals surface area contributed by atoms with Gasteiger partial charge in [0.2, 0.25) is 5.91 Å². The number of hydrogen-bond donors (Lipinski definition) is 0. The van der Waals surface area contributed by atoms with Crippen molar-refractivity contribution in [2.24, 2.45) is 0 Å². The molecule has 1 aromatic heterocycles. The van der Waals surface area contributed by atoms with Crippen LogP contribution in [-0.4, -0.2) is 46.9 Å². The first kappa shape index (κ1) is 16.9. The third kappa shape index (κ3) is 4.30. The lowest BCUT2D eigenvalue weighted by molar-refractivity contribution is -0.132. The van der Waals surface area contributed by atoms with Crippen LogP contribution in [0.1, 0.15) is 11.3 Å². The van der Waals surface area contributed by atoms with Gasteiger partial charge in [-0.2, -0.15) is 0 Å². The largest absolute Gasteiger partial charge is 0.340 e. The van der Waals surface area contributed by atoms with Crippen molar-refractivity contribution in [3.8, 4) is 0 Å². The minimum Gasteiger partial charge on any atom is -0.340 e. The number of carbonyl (C=O) groups is 1. The molecule has 0 saturated carbocycles. The zero-order valence-electron chi connectivity index (χ0n) is 13.3. The van der Waals surface area contributed by atoms with Gasteiger partial charge < -0.3 is 4.90 Å². The Hall–Kier alpha value is -1.98. The van der Waals surface area contributed by atoms with E-state index in [0.29, 0.717) is 36.6 Å². The third-order valence-corrected chi connectivity index (χ3v) is 4.42. The van der Waals surface area contributed by atoms with Crippen molar-refractivity contribution in [3.63, 3.8) is 0 Å². The van der Waals surface area contributed by atoms with E-state index in [0.717, 1.165) is 18.8 Å². The summed E-state index contributed by atoms with van der Waals surface area (Å²) < 4.78 is 13.8. The van der Waals surface area contributed by atoms with E-state index < -0.39 is 0 Å². The molecular weight excluding hydrogens is 329 g/mol. The first-order chi connectivity index (χ1) is 11.6. The van der Waals surface area contributed by atoms with E-state index in [9.17, 15) is 9.18 Å². The highest BCUT2D eigenvalue weighted by Crippen LogP contribution is 2.17. The van der Waals surface area contributed by atoms with Crippen LogP contribution in [0.25, 0.3) is 0 Å². The summed E-state index contributed by atoms with van der Waals surface area (Å²) in [6, 6.07) is 10.2. The van der Waals surface area contributed by atoms with Crippen LogP contribution in [0.3, 0.4) is 0 Å². The molecule has 6 heteroatoms. The molecular formula is C18H19ClFN3O. The van der Waals surface area contributed by atoms with Crippen LogP contribution in [0.15, 0.2) is 42.6 Å². The maximum absolute atomic E-state index is 13.8. The highest BCUT2D eigenvalue weighted by atomic mass is 35.5. The third-order valence-electron chi connectivity index (χ3n) is 4.19. The molecule has 0 unspecified atom stereocenters. The predicted molar refractivity (Wildman–Crippen MR) is 91.2 cm³/mol. The van der Waals surface area contributed by atoms with Crippen molar-refractivity contribution in [1.82, 2.24) is 14.8 Å². The molecule has 24 heavy (non-hydrogen) atoms. The number of carbonyl (C=O) groups excluding carboxylic acids is 1. The average molecular weight is 348 g/mol. The van der Waals surface area contributed by atoms with Crippen LogP contribution in [0.2, 0.25) is 5.02 Å². The van der Waals surface area contributed by atoms with E-state index in [1.807, 2.05) is 23.1 Å². The van der Waals surface area contributed by atoms with Crippen molar-refractivity contribution >= 4 is 17.5 Å². The predicted octanol–water partition coefficient (Wildman–Crippen LogP) is 2.76. The van der Waals surface area contributed by atoms with Crippen LogP contribution >= 0.6 is 11.6 Å². The number of hydrogen-bond acceptors (Lipinski definition) is 3. The van der Waals surface area contributed by atoms with Gasteiger partial charge in [0.1, 0.15) is 5.82 Å². The lowest BCUT2D eigenvalue weighted by Crippen LogP contribution is -2.48. The normalized spacial score (nSPS) is 15.5. The fourth-order valence-electron chi connectivity index (χ4n) is 2.83. The zero-order chi connectivity index (χ0) is 16.9. The lowest BCUT2D eigenvalue weighted by Gasteiger charge is -2.34. The average Bonchev–Trinajstić information content (AvgIpc) is 2.60. The second-order valence-corrected chi connectivity index (χ2v) is 6.33. The number of pyridine rings is 1. The van der Waals surface area contributed by atoms with Crippen molar-refractivity contribution in [2.45, 2.75) is 13.0 Å². The Morgan fingerprint density at radius 3 is 2.67 bits per heavy atom. The van der Waals surface area contributed by atoms with Crippen molar-refractivity contribution < 1.29 is 9.18 Å². The molecule has 0 bridgehead atoms. The Morgan fingerprint density at radius 1 is 1.17 bits per heavy atom. The maximum Gasteiger partial charge on any atom is 0.228 e. The van der Waals surface area contributed by atoms with E-state index in [2.05, 4.69) is 9.88 Å². The number of aromatic nitrogens is 1. The van der Waals surface area contributed by atoms with Gasteiger partial charge in [-0.3, -0.25) is 14.7 Å². The molecule has 0 N–H and O–H groups in total. The van der Waals surface area contributed by atoms with E-state index in [4.69, 9.17) is 11.6 Å². The summed E-state index contributed by atoms with van der Waals surface area (Å²) in [6.07, 6.45) is 2.02. The van der Waals surface area contributed by atoms with Gasteiger partial charge in [0.25, 0.3) is 0 Å². The smallest absolute Gasteiger partial charge is 0.228 e. The molecule has 1 aliphatic heterocycles. The molecule has 2 heterocycles. The first-order valence-electron chi connectivity index (χ1n) is 7.96. The van der Waals surface area contributed by atoms with Crippen LogP contribution in [-0.2, 0) is 17.8 Å². The molecule has 1 aromatic carbocycles. The van der Waals surface area contributed by atoms with Gasteiger partial charge in [-0.25, -0.2) is 4.39 Å². The minimum absolute atomic E-state index is 0.0855. The van der Waals surface area contributed by atoms with E-state index in [1.54, 1.807) is 18.3 Å². The minimum atomic E-state index is -0.243. The summed E-state index contributed by atoms with van der Waals surface area (Å²) in [6.45, 7) is 3.25. The molecule has 0 aliphatic carbocycles. The molecule has 3 rings (SSSR count). The fourth-order valence-corrected chi connectivity index (χ4v) is 3.02. The first-order valence-corrected chi connectivity index (χ1v) is 8.33. The maximum atomic E-state index is 13.8. The number of piperazine rings is 1. The number of rotatable bonds is 4. The topological polar surface area (TPSA) is 36.4 Å². The van der Waals surface area contributed by atoms with Crippen LogP contribution in [0, 0.1) is 5.82 Å². The van der Waals surface area contributed by atoms with Gasteiger partial charge in [-0.15, -0.1) is 0 Å². The Kier molecular flexibility index (Phi) is 5.43. The Balaban J connectivity index is 1.52. The van der Waals surface area contributed by atoms with Gasteiger partial charge in [0.05, 0.1) is 6.42 Å². The fraction of sp³-hybridized carbons (Fsp3) is 0.333. The molecule has 1 saturated heterocycles. The molecule has 1 aliphatic rings. The van der Waals surface area contributed by atoms with Gasteiger partial charge in [0.15, 0.2) is 0 Å². The molecule has 0 radical (unpaired) electrons. The van der Waals surface area contributed by atoms with Gasteiger partial charge in [-0.1, -0.05) is 17.7 Å². The summed E-state index contributed by atoms with van der Waals surface area (Å²) in [5, 5.41) is 0.538. The summed E-state index contributed by atoms with van der Waals surface area (Å²) in [4.78, 5) is 20.5. The monoisotopic (exact) mass is 347 g/mol. The molecule has 0 spiro atoms. The number of amides is 1. The van der Waals surface area contributed by atoms with Gasteiger partial charge in [-0.05, 0) is 30.3 Å². The number of benzene rings is 1. The van der Waals surface area contributed by atoms with Crippen molar-refractivity contribution in [1.29, 1.82) is 0 Å². The highest BCUT2D eigenvalue weighted by molar-refractivity contribution is 6.30. The SMILES string of the molecule is O=C(Cc1ccccn1)N1CCN(Cc2cc(Cl)ccc2F)CC1. The standard InChI is InChI=1S/C18H19ClFN3O/c19-15-4-5-17(20)14(11-15)13-22-7-9-23(10-8-22)18(24)12-16-3-1-2-6-21-16/h1-6,11H,7-10,12-13H2. The van der Waals surface area contributed by atoms with Gasteiger partial charge in [0, 0.05) is 55.2 Å². The van der Waals surface area contributed by atoms with E-state index in [1.165, 1.54) is 6.07 Å².